The van der Waals surface area contributed by atoms with Crippen molar-refractivity contribution in [2.24, 2.45) is 0 Å². The highest BCUT2D eigenvalue weighted by atomic mass is 35.5. The molecule has 2 aliphatic heterocycles. The zero-order valence-corrected chi connectivity index (χ0v) is 31.7. The lowest BCUT2D eigenvalue weighted by molar-refractivity contribution is -0.139. The van der Waals surface area contributed by atoms with E-state index in [1.807, 2.05) is 24.3 Å². The molecule has 2 atom stereocenters. The van der Waals surface area contributed by atoms with E-state index in [0.717, 1.165) is 66.0 Å². The number of halogens is 1. The van der Waals surface area contributed by atoms with Crippen LogP contribution in [0, 0.1) is 13.8 Å². The molecule has 3 aromatic carbocycles. The summed E-state index contributed by atoms with van der Waals surface area (Å²) in [5.74, 6) is 0.563. The second-order valence-electron chi connectivity index (χ2n) is 14.0. The number of carboxylic acids is 1. The number of nitrogens with zero attached hydrogens (tertiary/aromatic N) is 2. The minimum absolute atomic E-state index is 0.121. The predicted molar refractivity (Wildman–Crippen MR) is 207 cm³/mol. The summed E-state index contributed by atoms with van der Waals surface area (Å²) in [6.07, 6.45) is 6.33. The monoisotopic (exact) mass is 756 g/mol. The molecule has 0 aliphatic carbocycles. The third kappa shape index (κ3) is 10.1. The fraction of sp³-hybridized carbons (Fsp3) is 0.405. The number of aliphatic carboxylic acids is 1. The van der Waals surface area contributed by atoms with Crippen LogP contribution in [0.3, 0.4) is 0 Å². The molecular weight excluding hydrogens is 708 g/mol. The Kier molecular flexibility index (Phi) is 13.4. The molecule has 4 N–H and O–H groups in total. The molecule has 1 aromatic heterocycles. The number of fused-ring (bicyclic) bond motifs is 3. The van der Waals surface area contributed by atoms with Gasteiger partial charge < -0.3 is 40.0 Å². The summed E-state index contributed by atoms with van der Waals surface area (Å²) in [6.45, 7) is 8.36. The summed E-state index contributed by atoms with van der Waals surface area (Å²) in [5.41, 5.74) is 7.10. The topological polar surface area (TPSA) is 142 Å². The van der Waals surface area contributed by atoms with E-state index in [0.29, 0.717) is 65.6 Å². The first-order valence-corrected chi connectivity index (χ1v) is 19.0. The number of amides is 1. The van der Waals surface area contributed by atoms with E-state index in [9.17, 15) is 19.8 Å². The molecule has 1 saturated heterocycles. The Morgan fingerprint density at radius 3 is 2.63 bits per heavy atom. The number of carboxylic acid groups (broad SMARTS) is 1. The maximum atomic E-state index is 12.7. The summed E-state index contributed by atoms with van der Waals surface area (Å²) in [7, 11) is 0. The van der Waals surface area contributed by atoms with Gasteiger partial charge in [0.2, 0.25) is 0 Å². The van der Waals surface area contributed by atoms with Crippen molar-refractivity contribution in [1.29, 1.82) is 0 Å². The van der Waals surface area contributed by atoms with Crippen LogP contribution in [0.5, 0.6) is 17.2 Å². The van der Waals surface area contributed by atoms with Crippen molar-refractivity contribution in [3.05, 3.63) is 105 Å². The van der Waals surface area contributed by atoms with Gasteiger partial charge in [-0.05, 0) is 92.0 Å². The van der Waals surface area contributed by atoms with Crippen LogP contribution in [0.1, 0.15) is 70.3 Å². The van der Waals surface area contributed by atoms with Crippen molar-refractivity contribution in [2.75, 3.05) is 32.8 Å². The molecule has 6 rings (SSSR count). The number of rotatable bonds is 10. The molecule has 2 aliphatic rings. The molecule has 2 bridgehead atoms. The van der Waals surface area contributed by atoms with Gasteiger partial charge in [-0.15, -0.1) is 0 Å². The average Bonchev–Trinajstić information content (AvgIpc) is 3.58. The Morgan fingerprint density at radius 2 is 1.83 bits per heavy atom. The molecule has 11 nitrogen and oxygen atoms in total. The van der Waals surface area contributed by atoms with Crippen LogP contribution in [0.25, 0.3) is 11.1 Å². The lowest BCUT2D eigenvalue weighted by atomic mass is 9.93. The van der Waals surface area contributed by atoms with E-state index in [1.54, 1.807) is 24.4 Å². The number of ether oxygens (including phenoxy) is 3. The normalized spacial score (nSPS) is 18.3. The van der Waals surface area contributed by atoms with Gasteiger partial charge in [-0.3, -0.25) is 14.6 Å². The number of carbonyl (C=O) groups is 2. The molecule has 12 heteroatoms. The molecule has 286 valence electrons. The highest BCUT2D eigenvalue weighted by Crippen LogP contribution is 2.36. The van der Waals surface area contributed by atoms with E-state index < -0.39 is 12.0 Å². The van der Waals surface area contributed by atoms with Crippen molar-refractivity contribution in [3.8, 4) is 28.4 Å². The number of nitrogens with one attached hydrogen (secondary N) is 2. The molecule has 1 amide bonds. The number of pyridine rings is 1. The molecule has 4 aromatic rings. The van der Waals surface area contributed by atoms with Gasteiger partial charge in [0, 0.05) is 62.3 Å². The van der Waals surface area contributed by atoms with Crippen LogP contribution < -0.4 is 24.8 Å². The molecule has 3 heterocycles. The number of aliphatic hydroxyl groups is 1. The van der Waals surface area contributed by atoms with Crippen molar-refractivity contribution in [1.82, 2.24) is 20.5 Å². The lowest BCUT2D eigenvalue weighted by Gasteiger charge is -2.20. The van der Waals surface area contributed by atoms with Crippen molar-refractivity contribution in [3.63, 3.8) is 0 Å². The third-order valence-electron chi connectivity index (χ3n) is 10.1. The maximum absolute atomic E-state index is 12.7. The Labute approximate surface area is 321 Å². The van der Waals surface area contributed by atoms with Crippen LogP contribution in [-0.2, 0) is 24.6 Å². The second kappa shape index (κ2) is 18.6. The van der Waals surface area contributed by atoms with E-state index in [1.165, 1.54) is 6.20 Å². The fourth-order valence-corrected chi connectivity index (χ4v) is 7.21. The van der Waals surface area contributed by atoms with Gasteiger partial charge in [0.1, 0.15) is 36.5 Å². The van der Waals surface area contributed by atoms with Gasteiger partial charge in [0.05, 0.1) is 23.3 Å². The molecule has 0 radical (unpaired) electrons. The van der Waals surface area contributed by atoms with Gasteiger partial charge in [-0.25, -0.2) is 0 Å². The van der Waals surface area contributed by atoms with Crippen molar-refractivity contribution < 1.29 is 34.0 Å². The number of likely N-dealkylation sites (tertiary alicyclic amines) is 1. The highest BCUT2D eigenvalue weighted by molar-refractivity contribution is 6.32. The minimum atomic E-state index is -0.947. The fourth-order valence-electron chi connectivity index (χ4n) is 6.97. The predicted octanol–water partition coefficient (Wildman–Crippen LogP) is 6.47. The number of β-amino-alcohol motifs (C(OH)–C–C–N with tert-alkyl or cyclic N) is 1. The van der Waals surface area contributed by atoms with E-state index in [4.69, 9.17) is 25.8 Å². The number of benzene rings is 3. The third-order valence-corrected chi connectivity index (χ3v) is 10.4. The molecule has 1 fully saturated rings. The molecule has 0 unspecified atom stereocenters. The summed E-state index contributed by atoms with van der Waals surface area (Å²) in [6, 6.07) is 16.7. The van der Waals surface area contributed by atoms with Gasteiger partial charge in [0.15, 0.2) is 0 Å². The van der Waals surface area contributed by atoms with Gasteiger partial charge in [-0.1, -0.05) is 41.9 Å². The van der Waals surface area contributed by atoms with E-state index >= 15 is 0 Å². The summed E-state index contributed by atoms with van der Waals surface area (Å²) < 4.78 is 18.8. The Hall–Kier alpha value is -4.68. The number of hydrogen-bond donors (Lipinski definition) is 4. The molecule has 0 spiro atoms. The van der Waals surface area contributed by atoms with Gasteiger partial charge >= 0.3 is 5.97 Å². The first-order chi connectivity index (χ1) is 26.2. The van der Waals surface area contributed by atoms with Crippen molar-refractivity contribution in [2.45, 2.75) is 77.9 Å². The highest BCUT2D eigenvalue weighted by Gasteiger charge is 2.21. The van der Waals surface area contributed by atoms with Crippen LogP contribution in [-0.4, -0.2) is 76.9 Å². The average molecular weight is 757 g/mol. The van der Waals surface area contributed by atoms with E-state index in [2.05, 4.69) is 46.5 Å². The standard InChI is InChI=1S/C42H49ClN4O7/c1-27-30(8-5-9-34(27)35-10-6-12-38(28(35)2)52-17-7-15-47-16-13-33(48)24-47)26-54-40-20-39-31(19-36(40)43)23-46-37(42(50)51)11-3-4-14-45-41(49)32-18-29(25-53-39)21-44-22-32/h5-6,8-10,12,18-22,33,37,46,48H,3-4,7,11,13-17,23-26H2,1-2H3,(H,45,49)(H,50,51)/t33-,37+/m1/s1. The summed E-state index contributed by atoms with van der Waals surface area (Å²) in [5, 5.41) is 26.1. The summed E-state index contributed by atoms with van der Waals surface area (Å²) >= 11 is 6.80. The largest absolute Gasteiger partial charge is 0.493 e. The van der Waals surface area contributed by atoms with Crippen LogP contribution in [0.2, 0.25) is 5.02 Å². The molecule has 54 heavy (non-hydrogen) atoms. The summed E-state index contributed by atoms with van der Waals surface area (Å²) in [4.78, 5) is 31.3. The number of aliphatic hydroxyl groups excluding tert-OH is 1. The smallest absolute Gasteiger partial charge is 0.320 e. The Morgan fingerprint density at radius 1 is 1.02 bits per heavy atom. The van der Waals surface area contributed by atoms with Gasteiger partial charge in [-0.2, -0.15) is 0 Å². The van der Waals surface area contributed by atoms with Crippen LogP contribution in [0.4, 0.5) is 0 Å². The molecular formula is C42H49ClN4O7. The van der Waals surface area contributed by atoms with Crippen molar-refractivity contribution >= 4 is 23.5 Å². The number of aromatic nitrogens is 1. The molecule has 0 saturated carbocycles. The quantitative estimate of drug-likeness (QED) is 0.133. The SMILES string of the molecule is Cc1c(COc2cc3c(cc2Cl)CN[C@H](C(=O)O)CCCCNC(=O)c2cncc(c2)CO3)cccc1-c1cccc(OCCCN2CC[C@@H](O)C2)c1C. The lowest BCUT2D eigenvalue weighted by Crippen LogP contribution is -2.36. The first kappa shape index (κ1) is 39.0. The Balaban J connectivity index is 1.18. The zero-order chi connectivity index (χ0) is 38.0. The van der Waals surface area contributed by atoms with Gasteiger partial charge in [0.25, 0.3) is 5.91 Å². The number of hydrogen-bond acceptors (Lipinski definition) is 9. The van der Waals surface area contributed by atoms with Crippen LogP contribution in [0.15, 0.2) is 67.0 Å². The maximum Gasteiger partial charge on any atom is 0.320 e. The minimum Gasteiger partial charge on any atom is -0.493 e. The Bertz CT molecular complexity index is 1940. The zero-order valence-electron chi connectivity index (χ0n) is 30.9. The number of carbonyl (C=O) groups excluding carboxylic acids is 1. The first-order valence-electron chi connectivity index (χ1n) is 18.6. The second-order valence-corrected chi connectivity index (χ2v) is 14.4. The van der Waals surface area contributed by atoms with E-state index in [-0.39, 0.29) is 31.8 Å². The van der Waals surface area contributed by atoms with Crippen LogP contribution >= 0.6 is 11.6 Å².